The number of nitrogens with zero attached hydrogens (tertiary/aromatic N) is 4. The van der Waals surface area contributed by atoms with E-state index in [0.717, 1.165) is 41.6 Å². The predicted octanol–water partition coefficient (Wildman–Crippen LogP) is 2.76. The Morgan fingerprint density at radius 2 is 1.68 bits per heavy atom. The van der Waals surface area contributed by atoms with E-state index in [9.17, 15) is 4.79 Å². The van der Waals surface area contributed by atoms with Gasteiger partial charge in [-0.1, -0.05) is 30.3 Å². The van der Waals surface area contributed by atoms with E-state index in [1.54, 1.807) is 6.08 Å². The number of benzene rings is 1. The van der Waals surface area contributed by atoms with E-state index in [1.807, 2.05) is 55.2 Å². The molecule has 0 atom stereocenters. The van der Waals surface area contributed by atoms with Gasteiger partial charge in [0.1, 0.15) is 11.6 Å². The second kappa shape index (κ2) is 7.47. The van der Waals surface area contributed by atoms with E-state index in [4.69, 9.17) is 0 Å². The molecular formula is C20H24N4O. The molecule has 0 N–H and O–H groups in total. The van der Waals surface area contributed by atoms with E-state index in [1.165, 1.54) is 0 Å². The number of carbonyl (C=O) groups is 1. The van der Waals surface area contributed by atoms with Gasteiger partial charge in [-0.3, -0.25) is 4.79 Å². The molecular weight excluding hydrogens is 312 g/mol. The van der Waals surface area contributed by atoms with E-state index < -0.39 is 0 Å². The number of piperazine rings is 1. The SMILES string of the molecule is Cc1nc(C)c(C)c(N2CCN(C(=O)C=Cc3ccccc3)CC2)n1. The predicted molar refractivity (Wildman–Crippen MR) is 101 cm³/mol. The highest BCUT2D eigenvalue weighted by atomic mass is 16.2. The van der Waals surface area contributed by atoms with Crippen molar-refractivity contribution in [3.8, 4) is 0 Å². The smallest absolute Gasteiger partial charge is 0.246 e. The van der Waals surface area contributed by atoms with Gasteiger partial charge >= 0.3 is 0 Å². The third-order valence-corrected chi connectivity index (χ3v) is 4.58. The Labute approximate surface area is 149 Å². The summed E-state index contributed by atoms with van der Waals surface area (Å²) < 4.78 is 0. The summed E-state index contributed by atoms with van der Waals surface area (Å²) in [5, 5.41) is 0. The molecule has 3 rings (SSSR count). The number of hydrogen-bond acceptors (Lipinski definition) is 4. The number of aryl methyl sites for hydroxylation is 2. The number of anilines is 1. The molecule has 1 amide bonds. The lowest BCUT2D eigenvalue weighted by Gasteiger charge is -2.35. The zero-order valence-corrected chi connectivity index (χ0v) is 15.1. The van der Waals surface area contributed by atoms with Crippen molar-refractivity contribution in [2.24, 2.45) is 0 Å². The summed E-state index contributed by atoms with van der Waals surface area (Å²) in [7, 11) is 0. The van der Waals surface area contributed by atoms with Crippen LogP contribution < -0.4 is 4.90 Å². The second-order valence-electron chi connectivity index (χ2n) is 6.36. The van der Waals surface area contributed by atoms with Crippen LogP contribution in [-0.4, -0.2) is 47.0 Å². The molecule has 1 aromatic carbocycles. The van der Waals surface area contributed by atoms with Crippen molar-refractivity contribution in [1.29, 1.82) is 0 Å². The largest absolute Gasteiger partial charge is 0.353 e. The molecule has 0 aliphatic carbocycles. The summed E-state index contributed by atoms with van der Waals surface area (Å²) >= 11 is 0. The first-order chi connectivity index (χ1) is 12.0. The van der Waals surface area contributed by atoms with Crippen molar-refractivity contribution in [3.05, 3.63) is 59.1 Å². The average Bonchev–Trinajstić information content (AvgIpc) is 2.63. The lowest BCUT2D eigenvalue weighted by molar-refractivity contribution is -0.126. The van der Waals surface area contributed by atoms with Crippen molar-refractivity contribution in [3.63, 3.8) is 0 Å². The van der Waals surface area contributed by atoms with Gasteiger partial charge < -0.3 is 9.80 Å². The van der Waals surface area contributed by atoms with Crippen LogP contribution in [0.2, 0.25) is 0 Å². The molecule has 0 unspecified atom stereocenters. The molecule has 1 fully saturated rings. The minimum Gasteiger partial charge on any atom is -0.353 e. The van der Waals surface area contributed by atoms with Crippen LogP contribution in [0.25, 0.3) is 6.08 Å². The molecule has 2 heterocycles. The van der Waals surface area contributed by atoms with Gasteiger partial charge in [0, 0.05) is 43.5 Å². The Morgan fingerprint density at radius 1 is 1.00 bits per heavy atom. The van der Waals surface area contributed by atoms with Crippen LogP contribution in [0.5, 0.6) is 0 Å². The normalized spacial score (nSPS) is 15.0. The highest BCUT2D eigenvalue weighted by Crippen LogP contribution is 2.21. The maximum absolute atomic E-state index is 12.4. The minimum atomic E-state index is 0.0651. The Hall–Kier alpha value is -2.69. The van der Waals surface area contributed by atoms with Gasteiger partial charge in [-0.25, -0.2) is 9.97 Å². The first kappa shape index (κ1) is 17.1. The molecule has 130 valence electrons. The van der Waals surface area contributed by atoms with Crippen LogP contribution in [0.15, 0.2) is 36.4 Å². The molecule has 0 radical (unpaired) electrons. The first-order valence-electron chi connectivity index (χ1n) is 8.63. The quantitative estimate of drug-likeness (QED) is 0.809. The molecule has 5 heteroatoms. The van der Waals surface area contributed by atoms with Gasteiger partial charge in [0.15, 0.2) is 0 Å². The van der Waals surface area contributed by atoms with Gasteiger partial charge in [0.2, 0.25) is 5.91 Å². The fraction of sp³-hybridized carbons (Fsp3) is 0.350. The van der Waals surface area contributed by atoms with Crippen LogP contribution >= 0.6 is 0 Å². The lowest BCUT2D eigenvalue weighted by atomic mass is 10.2. The monoisotopic (exact) mass is 336 g/mol. The summed E-state index contributed by atoms with van der Waals surface area (Å²) in [5.41, 5.74) is 3.18. The molecule has 25 heavy (non-hydrogen) atoms. The van der Waals surface area contributed by atoms with Crippen molar-refractivity contribution >= 4 is 17.8 Å². The molecule has 1 saturated heterocycles. The van der Waals surface area contributed by atoms with E-state index >= 15 is 0 Å². The van der Waals surface area contributed by atoms with Crippen molar-refractivity contribution < 1.29 is 4.79 Å². The summed E-state index contributed by atoms with van der Waals surface area (Å²) in [5.74, 6) is 1.86. The number of rotatable bonds is 3. The van der Waals surface area contributed by atoms with Gasteiger partial charge in [0.05, 0.1) is 0 Å². The topological polar surface area (TPSA) is 49.3 Å². The molecule has 5 nitrogen and oxygen atoms in total. The zero-order chi connectivity index (χ0) is 17.8. The Kier molecular flexibility index (Phi) is 5.12. The van der Waals surface area contributed by atoms with Gasteiger partial charge in [0.25, 0.3) is 0 Å². The zero-order valence-electron chi connectivity index (χ0n) is 15.1. The summed E-state index contributed by atoms with van der Waals surface area (Å²) in [6.07, 6.45) is 3.53. The highest BCUT2D eigenvalue weighted by molar-refractivity contribution is 5.91. The second-order valence-corrected chi connectivity index (χ2v) is 6.36. The van der Waals surface area contributed by atoms with E-state index in [-0.39, 0.29) is 5.91 Å². The Bertz CT molecular complexity index is 778. The molecule has 1 aliphatic rings. The molecule has 0 spiro atoms. The van der Waals surface area contributed by atoms with Crippen LogP contribution in [0.1, 0.15) is 22.6 Å². The molecule has 1 aliphatic heterocycles. The summed E-state index contributed by atoms with van der Waals surface area (Å²) in [6.45, 7) is 9.00. The van der Waals surface area contributed by atoms with Crippen LogP contribution in [0.3, 0.4) is 0 Å². The van der Waals surface area contributed by atoms with Gasteiger partial charge in [-0.2, -0.15) is 0 Å². The van der Waals surface area contributed by atoms with Crippen LogP contribution in [-0.2, 0) is 4.79 Å². The molecule has 0 bridgehead atoms. The summed E-state index contributed by atoms with van der Waals surface area (Å²) in [6, 6.07) is 9.89. The summed E-state index contributed by atoms with van der Waals surface area (Å²) in [4.78, 5) is 25.5. The number of hydrogen-bond donors (Lipinski definition) is 0. The van der Waals surface area contributed by atoms with Gasteiger partial charge in [-0.15, -0.1) is 0 Å². The van der Waals surface area contributed by atoms with Crippen molar-refractivity contribution in [2.75, 3.05) is 31.1 Å². The minimum absolute atomic E-state index is 0.0651. The van der Waals surface area contributed by atoms with Crippen molar-refractivity contribution in [1.82, 2.24) is 14.9 Å². The highest BCUT2D eigenvalue weighted by Gasteiger charge is 2.22. The van der Waals surface area contributed by atoms with Crippen LogP contribution in [0.4, 0.5) is 5.82 Å². The van der Waals surface area contributed by atoms with Crippen molar-refractivity contribution in [2.45, 2.75) is 20.8 Å². The van der Waals surface area contributed by atoms with E-state index in [2.05, 4.69) is 21.8 Å². The maximum Gasteiger partial charge on any atom is 0.246 e. The Balaban J connectivity index is 1.62. The number of carbonyl (C=O) groups excluding carboxylic acids is 1. The van der Waals surface area contributed by atoms with E-state index in [0.29, 0.717) is 13.1 Å². The average molecular weight is 336 g/mol. The molecule has 0 saturated carbocycles. The fourth-order valence-electron chi connectivity index (χ4n) is 3.03. The Morgan fingerprint density at radius 3 is 2.36 bits per heavy atom. The molecule has 1 aromatic heterocycles. The molecule has 2 aromatic rings. The number of amides is 1. The first-order valence-corrected chi connectivity index (χ1v) is 8.63. The van der Waals surface area contributed by atoms with Gasteiger partial charge in [-0.05, 0) is 32.4 Å². The van der Waals surface area contributed by atoms with Crippen LogP contribution in [0, 0.1) is 20.8 Å². The third-order valence-electron chi connectivity index (χ3n) is 4.58. The number of aromatic nitrogens is 2. The lowest BCUT2D eigenvalue weighted by Crippen LogP contribution is -2.48. The standard InChI is InChI=1S/C20H24N4O/c1-15-16(2)21-17(3)22-20(15)24-13-11-23(12-14-24)19(25)10-9-18-7-5-4-6-8-18/h4-10H,11-14H2,1-3H3. The maximum atomic E-state index is 12.4. The third kappa shape index (κ3) is 4.05. The fourth-order valence-corrected chi connectivity index (χ4v) is 3.03.